The number of rotatable bonds is 2. The smallest absolute Gasteiger partial charge is 0.208 e. The molecule has 74 valence electrons. The van der Waals surface area contributed by atoms with E-state index in [4.69, 9.17) is 0 Å². The summed E-state index contributed by atoms with van der Waals surface area (Å²) in [6, 6.07) is 0.257. The molecule has 3 nitrogen and oxygen atoms in total. The van der Waals surface area contributed by atoms with E-state index < -0.39 is 10.0 Å². The van der Waals surface area contributed by atoms with E-state index in [9.17, 15) is 8.42 Å². The first-order valence-corrected chi connectivity index (χ1v) is 6.28. The second-order valence-electron chi connectivity index (χ2n) is 3.96. The van der Waals surface area contributed by atoms with E-state index in [1.165, 1.54) is 12.8 Å². The Bertz CT molecular complexity index is 302. The summed E-state index contributed by atoms with van der Waals surface area (Å²) >= 11 is 0. The molecular formula is C9H15NO2S. The lowest BCUT2D eigenvalue weighted by Gasteiger charge is -2.43. The molecule has 3 aliphatic rings. The van der Waals surface area contributed by atoms with E-state index in [-0.39, 0.29) is 6.04 Å². The Morgan fingerprint density at radius 2 is 1.85 bits per heavy atom. The third kappa shape index (κ3) is 1.53. The molecule has 0 radical (unpaired) electrons. The van der Waals surface area contributed by atoms with Crippen LogP contribution >= 0.6 is 0 Å². The van der Waals surface area contributed by atoms with Crippen LogP contribution in [-0.2, 0) is 10.0 Å². The Labute approximate surface area is 79.5 Å². The highest BCUT2D eigenvalue weighted by Crippen LogP contribution is 2.36. The van der Waals surface area contributed by atoms with Crippen LogP contribution in [0.25, 0.3) is 0 Å². The van der Waals surface area contributed by atoms with Gasteiger partial charge in [-0.05, 0) is 31.6 Å². The van der Waals surface area contributed by atoms with Gasteiger partial charge in [-0.15, -0.1) is 0 Å². The lowest BCUT2D eigenvalue weighted by Crippen LogP contribution is -2.49. The Morgan fingerprint density at radius 3 is 2.23 bits per heavy atom. The average molecular weight is 201 g/mol. The van der Waals surface area contributed by atoms with Crippen molar-refractivity contribution < 1.29 is 8.42 Å². The highest BCUT2D eigenvalue weighted by molar-refractivity contribution is 7.92. The van der Waals surface area contributed by atoms with Crippen molar-refractivity contribution in [3.8, 4) is 0 Å². The molecule has 0 unspecified atom stereocenters. The summed E-state index contributed by atoms with van der Waals surface area (Å²) in [4.78, 5) is 0. The van der Waals surface area contributed by atoms with Gasteiger partial charge in [-0.2, -0.15) is 4.31 Å². The third-order valence-electron chi connectivity index (χ3n) is 3.20. The Kier molecular flexibility index (Phi) is 2.20. The molecule has 0 N–H and O–H groups in total. The zero-order valence-corrected chi connectivity index (χ0v) is 8.46. The van der Waals surface area contributed by atoms with E-state index in [0.29, 0.717) is 5.92 Å². The molecule has 2 saturated heterocycles. The number of hydrogen-bond acceptors (Lipinski definition) is 2. The number of nitrogens with zero attached hydrogens (tertiary/aromatic N) is 1. The summed E-state index contributed by atoms with van der Waals surface area (Å²) in [7, 11) is -3.15. The molecule has 3 fully saturated rings. The van der Waals surface area contributed by atoms with E-state index in [2.05, 4.69) is 6.58 Å². The van der Waals surface area contributed by atoms with E-state index in [1.807, 2.05) is 0 Å². The van der Waals surface area contributed by atoms with Crippen LogP contribution in [-0.4, -0.2) is 25.3 Å². The summed E-state index contributed by atoms with van der Waals surface area (Å²) in [6.45, 7) is 4.08. The highest BCUT2D eigenvalue weighted by atomic mass is 32.2. The molecule has 1 saturated carbocycles. The molecule has 0 amide bonds. The Morgan fingerprint density at radius 1 is 1.23 bits per heavy atom. The van der Waals surface area contributed by atoms with Gasteiger partial charge in [0.05, 0.1) is 0 Å². The Hall–Kier alpha value is -0.350. The van der Waals surface area contributed by atoms with Crippen molar-refractivity contribution >= 4 is 10.0 Å². The molecule has 0 aromatic heterocycles. The predicted octanol–water partition coefficient (Wildman–Crippen LogP) is 1.33. The van der Waals surface area contributed by atoms with Gasteiger partial charge in [0.2, 0.25) is 10.0 Å². The monoisotopic (exact) mass is 201 g/mol. The van der Waals surface area contributed by atoms with Gasteiger partial charge in [-0.25, -0.2) is 8.42 Å². The van der Waals surface area contributed by atoms with Gasteiger partial charge in [-0.3, -0.25) is 0 Å². The fourth-order valence-electron chi connectivity index (χ4n) is 2.43. The van der Waals surface area contributed by atoms with Crippen molar-refractivity contribution in [2.75, 3.05) is 6.54 Å². The van der Waals surface area contributed by atoms with Gasteiger partial charge in [0.1, 0.15) is 0 Å². The quantitative estimate of drug-likeness (QED) is 0.676. The number of piperidine rings is 2. The van der Waals surface area contributed by atoms with Gasteiger partial charge in [0, 0.05) is 18.0 Å². The minimum atomic E-state index is -3.15. The molecule has 0 spiro atoms. The molecular weight excluding hydrogens is 186 g/mol. The number of hydrogen-bond donors (Lipinski definition) is 0. The van der Waals surface area contributed by atoms with Crippen LogP contribution in [0.3, 0.4) is 0 Å². The van der Waals surface area contributed by atoms with Crippen LogP contribution in [0, 0.1) is 5.92 Å². The largest absolute Gasteiger partial charge is 0.235 e. The number of fused-ring (bicyclic) bond motifs is 3. The fraction of sp³-hybridized carbons (Fsp3) is 0.778. The molecule has 1 aliphatic carbocycles. The van der Waals surface area contributed by atoms with Crippen LogP contribution in [0.2, 0.25) is 0 Å². The summed E-state index contributed by atoms with van der Waals surface area (Å²) in [5, 5.41) is 1.08. The van der Waals surface area contributed by atoms with Crippen LogP contribution < -0.4 is 0 Å². The highest BCUT2D eigenvalue weighted by Gasteiger charge is 2.38. The van der Waals surface area contributed by atoms with E-state index in [1.54, 1.807) is 4.31 Å². The fourth-order valence-corrected chi connectivity index (χ4v) is 3.66. The van der Waals surface area contributed by atoms with Crippen molar-refractivity contribution in [1.82, 2.24) is 4.31 Å². The second kappa shape index (κ2) is 3.10. The molecule has 2 aliphatic heterocycles. The average Bonchev–Trinajstić information content (AvgIpc) is 2.19. The Balaban J connectivity index is 2.22. The van der Waals surface area contributed by atoms with Crippen LogP contribution in [0.1, 0.15) is 25.7 Å². The first-order chi connectivity index (χ1) is 6.13. The summed E-state index contributed by atoms with van der Waals surface area (Å²) in [6.07, 6.45) is 4.48. The molecule has 2 bridgehead atoms. The lowest BCUT2D eigenvalue weighted by atomic mass is 9.82. The second-order valence-corrected chi connectivity index (χ2v) is 5.79. The van der Waals surface area contributed by atoms with Crippen molar-refractivity contribution in [3.05, 3.63) is 12.0 Å². The van der Waals surface area contributed by atoms with Gasteiger partial charge in [0.25, 0.3) is 0 Å². The first-order valence-electron chi connectivity index (χ1n) is 4.78. The SMILES string of the molecule is C=CS(=O)(=O)N1CC2CCC1CC2. The minimum Gasteiger partial charge on any atom is -0.208 e. The van der Waals surface area contributed by atoms with Crippen molar-refractivity contribution in [1.29, 1.82) is 0 Å². The third-order valence-corrected chi connectivity index (χ3v) is 4.72. The molecule has 13 heavy (non-hydrogen) atoms. The van der Waals surface area contributed by atoms with Gasteiger partial charge in [0.15, 0.2) is 0 Å². The maximum atomic E-state index is 11.6. The standard InChI is InChI=1S/C9H15NO2S/c1-2-13(11,12)10-7-8-3-5-9(10)6-4-8/h2,8-9H,1,3-7H2. The lowest BCUT2D eigenvalue weighted by molar-refractivity contribution is 0.122. The van der Waals surface area contributed by atoms with Crippen LogP contribution in [0.5, 0.6) is 0 Å². The van der Waals surface area contributed by atoms with Crippen LogP contribution in [0.4, 0.5) is 0 Å². The normalized spacial score (nSPS) is 34.8. The number of sulfonamides is 1. The van der Waals surface area contributed by atoms with E-state index >= 15 is 0 Å². The van der Waals surface area contributed by atoms with Crippen molar-refractivity contribution in [2.45, 2.75) is 31.7 Å². The van der Waals surface area contributed by atoms with Crippen molar-refractivity contribution in [3.63, 3.8) is 0 Å². The topological polar surface area (TPSA) is 37.4 Å². The zero-order valence-electron chi connectivity index (χ0n) is 7.65. The molecule has 0 aromatic rings. The zero-order chi connectivity index (χ0) is 9.47. The van der Waals surface area contributed by atoms with Gasteiger partial charge < -0.3 is 0 Å². The molecule has 3 rings (SSSR count). The van der Waals surface area contributed by atoms with E-state index in [0.717, 1.165) is 24.8 Å². The molecule has 2 heterocycles. The molecule has 0 atom stereocenters. The summed E-state index contributed by atoms with van der Waals surface area (Å²) < 4.78 is 24.7. The summed E-state index contributed by atoms with van der Waals surface area (Å²) in [5.41, 5.74) is 0. The molecule has 4 heteroatoms. The maximum absolute atomic E-state index is 11.6. The van der Waals surface area contributed by atoms with Crippen molar-refractivity contribution in [2.24, 2.45) is 5.92 Å². The molecule has 0 aromatic carbocycles. The van der Waals surface area contributed by atoms with Gasteiger partial charge >= 0.3 is 0 Å². The van der Waals surface area contributed by atoms with Gasteiger partial charge in [-0.1, -0.05) is 6.58 Å². The first kappa shape index (κ1) is 9.21. The predicted molar refractivity (Wildman–Crippen MR) is 51.6 cm³/mol. The van der Waals surface area contributed by atoms with Crippen LogP contribution in [0.15, 0.2) is 12.0 Å². The summed E-state index contributed by atoms with van der Waals surface area (Å²) in [5.74, 6) is 0.597. The minimum absolute atomic E-state index is 0.257. The maximum Gasteiger partial charge on any atom is 0.235 e.